The molecule has 4 heteroatoms. The highest BCUT2D eigenvalue weighted by atomic mass is 19.1. The van der Waals surface area contributed by atoms with Crippen molar-refractivity contribution >= 4 is 11.7 Å². The highest BCUT2D eigenvalue weighted by Crippen LogP contribution is 2.15. The van der Waals surface area contributed by atoms with Gasteiger partial charge < -0.3 is 10.2 Å². The Hall–Kier alpha value is -2.36. The van der Waals surface area contributed by atoms with Gasteiger partial charge in [0, 0.05) is 13.6 Å². The molecule has 2 rings (SSSR count). The summed E-state index contributed by atoms with van der Waals surface area (Å²) < 4.78 is 13.5. The molecule has 0 bridgehead atoms. The van der Waals surface area contributed by atoms with Gasteiger partial charge in [-0.2, -0.15) is 0 Å². The number of para-hydroxylation sites is 1. The predicted molar refractivity (Wildman–Crippen MR) is 82.8 cm³/mol. The van der Waals surface area contributed by atoms with E-state index in [0.29, 0.717) is 6.54 Å². The second-order valence-electron chi connectivity index (χ2n) is 5.20. The van der Waals surface area contributed by atoms with Crippen molar-refractivity contribution < 1.29 is 9.18 Å². The Balaban J connectivity index is 2.04. The summed E-state index contributed by atoms with van der Waals surface area (Å²) in [6.45, 7) is 4.53. The fourth-order valence-electron chi connectivity index (χ4n) is 2.12. The maximum Gasteiger partial charge on any atom is 0.321 e. The lowest BCUT2D eigenvalue weighted by Crippen LogP contribution is -2.31. The first-order valence-electron chi connectivity index (χ1n) is 6.80. The third kappa shape index (κ3) is 3.81. The minimum absolute atomic E-state index is 0.190. The molecule has 0 radical (unpaired) electrons. The van der Waals surface area contributed by atoms with Crippen molar-refractivity contribution in [3.63, 3.8) is 0 Å². The molecule has 0 spiro atoms. The summed E-state index contributed by atoms with van der Waals surface area (Å²) in [5.41, 5.74) is 3.59. The molecule has 0 unspecified atom stereocenters. The summed E-state index contributed by atoms with van der Waals surface area (Å²) >= 11 is 0. The van der Waals surface area contributed by atoms with Crippen molar-refractivity contribution in [2.75, 3.05) is 12.4 Å². The molecule has 21 heavy (non-hydrogen) atoms. The molecule has 0 saturated heterocycles. The number of urea groups is 1. The lowest BCUT2D eigenvalue weighted by atomic mass is 10.1. The first-order chi connectivity index (χ1) is 9.97. The van der Waals surface area contributed by atoms with Gasteiger partial charge >= 0.3 is 6.03 Å². The van der Waals surface area contributed by atoms with Gasteiger partial charge in [-0.3, -0.25) is 0 Å². The molecule has 0 heterocycles. The topological polar surface area (TPSA) is 32.3 Å². The molecule has 0 aromatic heterocycles. The summed E-state index contributed by atoms with van der Waals surface area (Å²) in [5, 5.41) is 2.57. The molecule has 110 valence electrons. The zero-order chi connectivity index (χ0) is 15.4. The van der Waals surface area contributed by atoms with E-state index in [1.54, 1.807) is 19.2 Å². The van der Waals surface area contributed by atoms with Crippen LogP contribution < -0.4 is 5.32 Å². The fraction of sp³-hybridized carbons (Fsp3) is 0.235. The quantitative estimate of drug-likeness (QED) is 0.905. The fourth-order valence-corrected chi connectivity index (χ4v) is 2.12. The van der Waals surface area contributed by atoms with Crippen LogP contribution >= 0.6 is 0 Å². The number of hydrogen-bond acceptors (Lipinski definition) is 1. The Kier molecular flexibility index (Phi) is 4.58. The average Bonchev–Trinajstić information content (AvgIpc) is 2.44. The van der Waals surface area contributed by atoms with Gasteiger partial charge in [0.15, 0.2) is 0 Å². The predicted octanol–water partition coefficient (Wildman–Crippen LogP) is 4.11. The van der Waals surface area contributed by atoms with Gasteiger partial charge in [-0.15, -0.1) is 0 Å². The van der Waals surface area contributed by atoms with Crippen LogP contribution in [-0.4, -0.2) is 18.0 Å². The Morgan fingerprint density at radius 1 is 1.19 bits per heavy atom. The van der Waals surface area contributed by atoms with Crippen molar-refractivity contribution in [2.24, 2.45) is 0 Å². The van der Waals surface area contributed by atoms with Gasteiger partial charge in [-0.1, -0.05) is 35.9 Å². The van der Waals surface area contributed by atoms with Crippen molar-refractivity contribution in [1.29, 1.82) is 0 Å². The molecule has 3 nitrogen and oxygen atoms in total. The number of amides is 2. The number of nitrogens with zero attached hydrogens (tertiary/aromatic N) is 1. The lowest BCUT2D eigenvalue weighted by Gasteiger charge is -2.19. The summed E-state index contributed by atoms with van der Waals surface area (Å²) in [5.74, 6) is -0.439. The van der Waals surface area contributed by atoms with Gasteiger partial charge in [-0.05, 0) is 37.1 Å². The molecular weight excluding hydrogens is 267 g/mol. The maximum absolute atomic E-state index is 13.5. The minimum Gasteiger partial charge on any atom is -0.323 e. The molecule has 2 aromatic rings. The van der Waals surface area contributed by atoms with Gasteiger partial charge in [-0.25, -0.2) is 9.18 Å². The monoisotopic (exact) mass is 286 g/mol. The van der Waals surface area contributed by atoms with E-state index in [0.717, 1.165) is 11.1 Å². The van der Waals surface area contributed by atoms with Gasteiger partial charge in [0.2, 0.25) is 0 Å². The maximum atomic E-state index is 13.5. The molecule has 0 aliphatic carbocycles. The van der Waals surface area contributed by atoms with Crippen molar-refractivity contribution in [2.45, 2.75) is 20.4 Å². The number of hydrogen-bond donors (Lipinski definition) is 1. The van der Waals surface area contributed by atoms with Crippen LogP contribution in [0.1, 0.15) is 16.7 Å². The van der Waals surface area contributed by atoms with E-state index < -0.39 is 5.82 Å². The summed E-state index contributed by atoms with van der Waals surface area (Å²) in [6.07, 6.45) is 0. The zero-order valence-corrected chi connectivity index (χ0v) is 12.5. The number of halogens is 1. The molecule has 0 aliphatic rings. The van der Waals surface area contributed by atoms with Crippen molar-refractivity contribution in [3.8, 4) is 0 Å². The summed E-state index contributed by atoms with van der Waals surface area (Å²) in [6, 6.07) is 11.9. The molecule has 1 N–H and O–H groups in total. The van der Waals surface area contributed by atoms with E-state index in [2.05, 4.69) is 11.4 Å². The Bertz CT molecular complexity index is 655. The molecule has 0 aliphatic heterocycles. The van der Waals surface area contributed by atoms with Gasteiger partial charge in [0.1, 0.15) is 5.82 Å². The van der Waals surface area contributed by atoms with Gasteiger partial charge in [0.05, 0.1) is 5.69 Å². The number of carbonyl (C=O) groups is 1. The normalized spacial score (nSPS) is 10.3. The SMILES string of the molecule is Cc1ccc(CN(C)C(=O)Nc2ccccc2F)c(C)c1. The van der Waals surface area contributed by atoms with E-state index in [4.69, 9.17) is 0 Å². The zero-order valence-electron chi connectivity index (χ0n) is 12.5. The van der Waals surface area contributed by atoms with Crippen LogP contribution in [0.2, 0.25) is 0 Å². The van der Waals surface area contributed by atoms with E-state index in [9.17, 15) is 9.18 Å². The van der Waals surface area contributed by atoms with Crippen LogP contribution in [0.3, 0.4) is 0 Å². The van der Waals surface area contributed by atoms with E-state index in [1.165, 1.54) is 22.6 Å². The standard InChI is InChI=1S/C17H19FN2O/c1-12-8-9-14(13(2)10-12)11-20(3)17(21)19-16-7-5-4-6-15(16)18/h4-10H,11H2,1-3H3,(H,19,21). The second-order valence-corrected chi connectivity index (χ2v) is 5.20. The summed E-state index contributed by atoms with van der Waals surface area (Å²) in [7, 11) is 1.69. The number of benzene rings is 2. The minimum atomic E-state index is -0.439. The number of nitrogens with one attached hydrogen (secondary N) is 1. The molecule has 0 saturated carbocycles. The molecular formula is C17H19FN2O. The largest absolute Gasteiger partial charge is 0.323 e. The number of carbonyl (C=O) groups excluding carboxylic acids is 1. The number of rotatable bonds is 3. The summed E-state index contributed by atoms with van der Waals surface area (Å²) in [4.78, 5) is 13.6. The highest BCUT2D eigenvalue weighted by Gasteiger charge is 2.12. The lowest BCUT2D eigenvalue weighted by molar-refractivity contribution is 0.220. The first kappa shape index (κ1) is 15.0. The number of anilines is 1. The van der Waals surface area contributed by atoms with Gasteiger partial charge in [0.25, 0.3) is 0 Å². The Morgan fingerprint density at radius 3 is 2.57 bits per heavy atom. The van der Waals surface area contributed by atoms with Crippen LogP contribution in [-0.2, 0) is 6.54 Å². The third-order valence-electron chi connectivity index (χ3n) is 3.37. The first-order valence-corrected chi connectivity index (χ1v) is 6.80. The van der Waals surface area contributed by atoms with Crippen LogP contribution in [0.25, 0.3) is 0 Å². The van der Waals surface area contributed by atoms with Crippen molar-refractivity contribution in [1.82, 2.24) is 4.90 Å². The van der Waals surface area contributed by atoms with E-state index in [1.807, 2.05) is 26.0 Å². The average molecular weight is 286 g/mol. The Labute approximate surface area is 124 Å². The second kappa shape index (κ2) is 6.39. The Morgan fingerprint density at radius 2 is 1.90 bits per heavy atom. The van der Waals surface area contributed by atoms with Crippen molar-refractivity contribution in [3.05, 3.63) is 65.0 Å². The number of aryl methyl sites for hydroxylation is 2. The van der Waals surface area contributed by atoms with Crippen LogP contribution in [0, 0.1) is 19.7 Å². The third-order valence-corrected chi connectivity index (χ3v) is 3.37. The molecule has 0 atom stereocenters. The van der Waals surface area contributed by atoms with Crippen LogP contribution in [0.5, 0.6) is 0 Å². The molecule has 0 fully saturated rings. The van der Waals surface area contributed by atoms with Crippen LogP contribution in [0.15, 0.2) is 42.5 Å². The van der Waals surface area contributed by atoms with E-state index in [-0.39, 0.29) is 11.7 Å². The molecule has 2 amide bonds. The molecule has 2 aromatic carbocycles. The highest BCUT2D eigenvalue weighted by molar-refractivity contribution is 5.89. The smallest absolute Gasteiger partial charge is 0.321 e. The van der Waals surface area contributed by atoms with Crippen LogP contribution in [0.4, 0.5) is 14.9 Å². The van der Waals surface area contributed by atoms with E-state index >= 15 is 0 Å².